The smallest absolute Gasteiger partial charge is 0.341 e. The van der Waals surface area contributed by atoms with Gasteiger partial charge in [-0.15, -0.1) is 11.3 Å². The number of carbonyl (C=O) groups is 2. The minimum atomic E-state index is -0.404. The normalized spacial score (nSPS) is 17.3. The van der Waals surface area contributed by atoms with Crippen LogP contribution in [0.25, 0.3) is 0 Å². The molecule has 128 valence electrons. The van der Waals surface area contributed by atoms with Gasteiger partial charge in [-0.3, -0.25) is 9.69 Å². The number of rotatable bonds is 5. The molecular formula is C17H21N3O3S. The first-order valence-corrected chi connectivity index (χ1v) is 8.91. The van der Waals surface area contributed by atoms with E-state index in [4.69, 9.17) is 4.74 Å². The topological polar surface area (TPSA) is 63.6 Å². The fraction of sp³-hybridized carbons (Fsp3) is 0.412. The summed E-state index contributed by atoms with van der Waals surface area (Å²) in [6.45, 7) is 6.18. The van der Waals surface area contributed by atoms with Crippen LogP contribution in [0.5, 0.6) is 0 Å². The van der Waals surface area contributed by atoms with E-state index in [9.17, 15) is 9.59 Å². The van der Waals surface area contributed by atoms with Gasteiger partial charge >= 0.3 is 5.97 Å². The van der Waals surface area contributed by atoms with Crippen LogP contribution < -0.4 is 5.32 Å². The van der Waals surface area contributed by atoms with Gasteiger partial charge in [-0.2, -0.15) is 0 Å². The summed E-state index contributed by atoms with van der Waals surface area (Å²) in [5.41, 5.74) is 1.63. The van der Waals surface area contributed by atoms with Crippen molar-refractivity contribution >= 4 is 28.2 Å². The lowest BCUT2D eigenvalue weighted by molar-refractivity contribution is -0.118. The molecule has 2 aromatic rings. The van der Waals surface area contributed by atoms with E-state index in [1.54, 1.807) is 18.4 Å². The lowest BCUT2D eigenvalue weighted by atomic mass is 10.1. The molecule has 0 aromatic carbocycles. The summed E-state index contributed by atoms with van der Waals surface area (Å²) < 4.78 is 7.23. The van der Waals surface area contributed by atoms with Crippen molar-refractivity contribution in [3.63, 3.8) is 0 Å². The van der Waals surface area contributed by atoms with Crippen molar-refractivity contribution in [1.82, 2.24) is 9.47 Å². The highest BCUT2D eigenvalue weighted by atomic mass is 32.1. The number of nitrogens with zero attached hydrogens (tertiary/aromatic N) is 2. The molecule has 0 unspecified atom stereocenters. The number of nitrogens with one attached hydrogen (secondary N) is 1. The van der Waals surface area contributed by atoms with Crippen molar-refractivity contribution in [2.45, 2.75) is 26.4 Å². The third-order valence-corrected chi connectivity index (χ3v) is 5.06. The summed E-state index contributed by atoms with van der Waals surface area (Å²) in [7, 11) is 0. The highest BCUT2D eigenvalue weighted by molar-refractivity contribution is 7.14. The van der Waals surface area contributed by atoms with E-state index >= 15 is 0 Å². The predicted octanol–water partition coefficient (Wildman–Crippen LogP) is 2.74. The summed E-state index contributed by atoms with van der Waals surface area (Å²) in [4.78, 5) is 26.4. The molecule has 0 aliphatic carbocycles. The van der Waals surface area contributed by atoms with Crippen LogP contribution in [0.4, 0.5) is 5.00 Å². The summed E-state index contributed by atoms with van der Waals surface area (Å²) >= 11 is 1.33. The summed E-state index contributed by atoms with van der Waals surface area (Å²) in [5, 5.41) is 5.17. The van der Waals surface area contributed by atoms with Crippen molar-refractivity contribution in [2.24, 2.45) is 0 Å². The maximum absolute atomic E-state index is 12.4. The Morgan fingerprint density at radius 3 is 3.00 bits per heavy atom. The maximum Gasteiger partial charge on any atom is 0.341 e. The largest absolute Gasteiger partial charge is 0.462 e. The molecule has 0 radical (unpaired) electrons. The van der Waals surface area contributed by atoms with Gasteiger partial charge in [0.1, 0.15) is 5.00 Å². The first-order valence-electron chi connectivity index (χ1n) is 8.03. The zero-order valence-electron chi connectivity index (χ0n) is 13.8. The van der Waals surface area contributed by atoms with E-state index in [-0.39, 0.29) is 11.9 Å². The van der Waals surface area contributed by atoms with Crippen LogP contribution in [0.1, 0.15) is 35.9 Å². The third kappa shape index (κ3) is 3.37. The van der Waals surface area contributed by atoms with E-state index in [2.05, 4.69) is 34.0 Å². The monoisotopic (exact) mass is 347 g/mol. The molecule has 0 saturated carbocycles. The fourth-order valence-corrected chi connectivity index (χ4v) is 3.76. The lowest BCUT2D eigenvalue weighted by Crippen LogP contribution is -2.41. The van der Waals surface area contributed by atoms with Crippen LogP contribution in [0.15, 0.2) is 29.8 Å². The predicted molar refractivity (Wildman–Crippen MR) is 93.3 cm³/mol. The highest BCUT2D eigenvalue weighted by Gasteiger charge is 2.25. The van der Waals surface area contributed by atoms with Crippen LogP contribution in [0.3, 0.4) is 0 Å². The van der Waals surface area contributed by atoms with Gasteiger partial charge in [0.05, 0.1) is 18.7 Å². The minimum absolute atomic E-state index is 0.116. The maximum atomic E-state index is 12.4. The summed E-state index contributed by atoms with van der Waals surface area (Å²) in [6.07, 6.45) is 2.07. The molecule has 0 fully saturated rings. The Balaban J connectivity index is 1.63. The number of hydrogen-bond acceptors (Lipinski definition) is 5. The molecule has 1 aliphatic rings. The second-order valence-electron chi connectivity index (χ2n) is 5.70. The van der Waals surface area contributed by atoms with E-state index in [0.29, 0.717) is 23.7 Å². The SMILES string of the molecule is CCOC(=O)c1ccsc1NC(=O)CN1CCn2cccc2[C@H]1C. The van der Waals surface area contributed by atoms with E-state index in [1.165, 1.54) is 17.0 Å². The number of anilines is 1. The molecule has 6 nitrogen and oxygen atoms in total. The average molecular weight is 347 g/mol. The number of ether oxygens (including phenoxy) is 1. The van der Waals surface area contributed by atoms with Crippen molar-refractivity contribution < 1.29 is 14.3 Å². The standard InChI is InChI=1S/C17H21N3O3S/c1-3-23-17(22)13-6-10-24-16(13)18-15(21)11-20-9-8-19-7-4-5-14(19)12(20)2/h4-7,10,12H,3,8-9,11H2,1-2H3,(H,18,21)/t12-/m1/s1. The first-order chi connectivity index (χ1) is 11.6. The van der Waals surface area contributed by atoms with E-state index in [0.717, 1.165) is 13.1 Å². The van der Waals surface area contributed by atoms with Gasteiger partial charge in [0.25, 0.3) is 0 Å². The number of fused-ring (bicyclic) bond motifs is 1. The van der Waals surface area contributed by atoms with Crippen LogP contribution >= 0.6 is 11.3 Å². The van der Waals surface area contributed by atoms with Crippen LogP contribution in [-0.4, -0.2) is 41.0 Å². The molecule has 3 rings (SSSR count). The van der Waals surface area contributed by atoms with Crippen LogP contribution in [0, 0.1) is 0 Å². The van der Waals surface area contributed by atoms with E-state index < -0.39 is 5.97 Å². The Morgan fingerprint density at radius 1 is 1.38 bits per heavy atom. The number of thiophene rings is 1. The molecule has 1 aliphatic heterocycles. The number of amides is 1. The van der Waals surface area contributed by atoms with E-state index in [1.807, 2.05) is 6.07 Å². The number of aromatic nitrogens is 1. The Kier molecular flexibility index (Phi) is 5.01. The molecule has 2 aromatic heterocycles. The molecule has 0 spiro atoms. The van der Waals surface area contributed by atoms with Crippen molar-refractivity contribution in [3.05, 3.63) is 41.0 Å². The average Bonchev–Trinajstić information content (AvgIpc) is 3.19. The van der Waals surface area contributed by atoms with Crippen LogP contribution in [-0.2, 0) is 16.1 Å². The number of hydrogen-bond donors (Lipinski definition) is 1. The third-order valence-electron chi connectivity index (χ3n) is 4.23. The van der Waals surface area contributed by atoms with Gasteiger partial charge < -0.3 is 14.6 Å². The van der Waals surface area contributed by atoms with Crippen molar-refractivity contribution in [3.8, 4) is 0 Å². The molecule has 0 bridgehead atoms. The van der Waals surface area contributed by atoms with Crippen LogP contribution in [0.2, 0.25) is 0 Å². The van der Waals surface area contributed by atoms with Crippen molar-refractivity contribution in [2.75, 3.05) is 25.0 Å². The molecule has 3 heterocycles. The Bertz CT molecular complexity index is 737. The molecule has 7 heteroatoms. The van der Waals surface area contributed by atoms with Gasteiger partial charge in [-0.05, 0) is 37.4 Å². The van der Waals surface area contributed by atoms with Gasteiger partial charge in [0, 0.05) is 31.0 Å². The molecule has 1 atom stereocenters. The Labute approximate surface area is 145 Å². The van der Waals surface area contributed by atoms with Crippen molar-refractivity contribution in [1.29, 1.82) is 0 Å². The second-order valence-corrected chi connectivity index (χ2v) is 6.62. The zero-order valence-corrected chi connectivity index (χ0v) is 14.6. The van der Waals surface area contributed by atoms with Gasteiger partial charge in [0.15, 0.2) is 0 Å². The molecule has 24 heavy (non-hydrogen) atoms. The second kappa shape index (κ2) is 7.19. The molecule has 1 amide bonds. The number of carbonyl (C=O) groups excluding carboxylic acids is 2. The minimum Gasteiger partial charge on any atom is -0.462 e. The van der Waals surface area contributed by atoms with Gasteiger partial charge in [-0.1, -0.05) is 0 Å². The van der Waals surface area contributed by atoms with Gasteiger partial charge in [0.2, 0.25) is 5.91 Å². The van der Waals surface area contributed by atoms with Gasteiger partial charge in [-0.25, -0.2) is 4.79 Å². The molecular weight excluding hydrogens is 326 g/mol. The molecule has 0 saturated heterocycles. The quantitative estimate of drug-likeness (QED) is 0.845. The summed E-state index contributed by atoms with van der Waals surface area (Å²) in [5.74, 6) is -0.520. The zero-order chi connectivity index (χ0) is 17.1. The molecule has 1 N–H and O–H groups in total. The Morgan fingerprint density at radius 2 is 2.21 bits per heavy atom. The fourth-order valence-electron chi connectivity index (χ4n) is 2.97. The number of esters is 1. The first kappa shape index (κ1) is 16.7. The Hall–Kier alpha value is -2.12. The highest BCUT2D eigenvalue weighted by Crippen LogP contribution is 2.26. The lowest BCUT2D eigenvalue weighted by Gasteiger charge is -2.34. The summed E-state index contributed by atoms with van der Waals surface area (Å²) in [6, 6.07) is 5.99.